The molecule has 0 spiro atoms. The van der Waals surface area contributed by atoms with Crippen LogP contribution in [0.5, 0.6) is 17.2 Å². The molecule has 138 valence electrons. The molecule has 0 radical (unpaired) electrons. The maximum Gasteiger partial charge on any atom is 0.260 e. The summed E-state index contributed by atoms with van der Waals surface area (Å²) in [5, 5.41) is 2.91. The number of hydrogen-bond donors (Lipinski definition) is 1. The molecule has 1 unspecified atom stereocenters. The first kappa shape index (κ1) is 18.5. The van der Waals surface area contributed by atoms with Crippen molar-refractivity contribution in [2.45, 2.75) is 19.4 Å². The van der Waals surface area contributed by atoms with Crippen LogP contribution in [0.1, 0.15) is 12.5 Å². The van der Waals surface area contributed by atoms with Crippen molar-refractivity contribution in [1.82, 2.24) is 5.32 Å². The number of hydrogen-bond acceptors (Lipinski definition) is 3. The Morgan fingerprint density at radius 2 is 1.37 bits per heavy atom. The normalized spacial score (nSPS) is 11.4. The zero-order valence-corrected chi connectivity index (χ0v) is 15.3. The summed E-state index contributed by atoms with van der Waals surface area (Å²) < 4.78 is 11.4. The summed E-state index contributed by atoms with van der Waals surface area (Å²) in [6, 6.07) is 26.9. The second-order valence-corrected chi connectivity index (χ2v) is 6.17. The van der Waals surface area contributed by atoms with Crippen LogP contribution in [-0.4, -0.2) is 18.6 Å². The van der Waals surface area contributed by atoms with E-state index >= 15 is 0 Å². The summed E-state index contributed by atoms with van der Waals surface area (Å²) in [5.74, 6) is 2.17. The third kappa shape index (κ3) is 5.89. The average molecular weight is 361 g/mol. The van der Waals surface area contributed by atoms with Crippen molar-refractivity contribution >= 4 is 5.91 Å². The summed E-state index contributed by atoms with van der Waals surface area (Å²) in [6.45, 7) is 2.30. The van der Waals surface area contributed by atoms with Crippen molar-refractivity contribution in [2.24, 2.45) is 0 Å². The van der Waals surface area contributed by atoms with E-state index in [2.05, 4.69) is 5.32 Å². The van der Waals surface area contributed by atoms with Crippen LogP contribution in [-0.2, 0) is 11.2 Å². The Hall–Kier alpha value is -3.27. The lowest BCUT2D eigenvalue weighted by Gasteiger charge is -2.14. The lowest BCUT2D eigenvalue weighted by molar-refractivity contribution is -0.127. The Bertz CT molecular complexity index is 833. The summed E-state index contributed by atoms with van der Waals surface area (Å²) in [5.41, 5.74) is 1.13. The molecule has 0 aliphatic heterocycles. The smallest absolute Gasteiger partial charge is 0.260 e. The van der Waals surface area contributed by atoms with Crippen molar-refractivity contribution in [3.63, 3.8) is 0 Å². The molecular weight excluding hydrogens is 338 g/mol. The molecule has 0 aliphatic rings. The first-order valence-corrected chi connectivity index (χ1v) is 9.02. The predicted octanol–water partition coefficient (Wildman–Crippen LogP) is 4.61. The molecule has 0 aliphatic carbocycles. The van der Waals surface area contributed by atoms with Gasteiger partial charge in [0.25, 0.3) is 5.91 Å². The van der Waals surface area contributed by atoms with Gasteiger partial charge < -0.3 is 14.8 Å². The molecule has 1 atom stereocenters. The first-order chi connectivity index (χ1) is 13.2. The number of para-hydroxylation sites is 2. The molecule has 4 nitrogen and oxygen atoms in total. The molecule has 4 heteroatoms. The maximum atomic E-state index is 12.1. The monoisotopic (exact) mass is 361 g/mol. The molecule has 3 aromatic rings. The quantitative estimate of drug-likeness (QED) is 0.638. The van der Waals surface area contributed by atoms with Crippen LogP contribution < -0.4 is 14.8 Å². The van der Waals surface area contributed by atoms with Gasteiger partial charge in [-0.05, 0) is 55.3 Å². The van der Waals surface area contributed by atoms with E-state index in [1.54, 1.807) is 6.92 Å². The van der Waals surface area contributed by atoms with E-state index in [4.69, 9.17) is 9.47 Å². The number of rotatable bonds is 8. The van der Waals surface area contributed by atoms with Crippen LogP contribution in [0.4, 0.5) is 0 Å². The van der Waals surface area contributed by atoms with Gasteiger partial charge in [-0.25, -0.2) is 0 Å². The molecule has 3 rings (SSSR count). The van der Waals surface area contributed by atoms with Gasteiger partial charge in [0.1, 0.15) is 17.2 Å². The largest absolute Gasteiger partial charge is 0.481 e. The lowest BCUT2D eigenvalue weighted by Crippen LogP contribution is -2.37. The van der Waals surface area contributed by atoms with Crippen molar-refractivity contribution in [3.8, 4) is 17.2 Å². The zero-order valence-electron chi connectivity index (χ0n) is 15.3. The Labute approximate surface area is 159 Å². The maximum absolute atomic E-state index is 12.1. The van der Waals surface area contributed by atoms with Crippen LogP contribution in [0.25, 0.3) is 0 Å². The van der Waals surface area contributed by atoms with Gasteiger partial charge in [0.2, 0.25) is 0 Å². The average Bonchev–Trinajstić information content (AvgIpc) is 2.71. The minimum absolute atomic E-state index is 0.122. The van der Waals surface area contributed by atoms with Gasteiger partial charge in [-0.1, -0.05) is 48.5 Å². The van der Waals surface area contributed by atoms with Crippen LogP contribution in [0, 0.1) is 0 Å². The summed E-state index contributed by atoms with van der Waals surface area (Å²) in [4.78, 5) is 12.1. The summed E-state index contributed by atoms with van der Waals surface area (Å²) in [6.07, 6.45) is 0.212. The van der Waals surface area contributed by atoms with Crippen LogP contribution in [0.2, 0.25) is 0 Å². The van der Waals surface area contributed by atoms with Gasteiger partial charge >= 0.3 is 0 Å². The number of carbonyl (C=O) groups is 1. The fourth-order valence-corrected chi connectivity index (χ4v) is 2.58. The van der Waals surface area contributed by atoms with Gasteiger partial charge in [-0.3, -0.25) is 4.79 Å². The second kappa shape index (κ2) is 9.43. The fourth-order valence-electron chi connectivity index (χ4n) is 2.58. The molecule has 27 heavy (non-hydrogen) atoms. The van der Waals surface area contributed by atoms with Crippen LogP contribution in [0.15, 0.2) is 84.9 Å². The highest BCUT2D eigenvalue weighted by molar-refractivity contribution is 5.80. The summed E-state index contributed by atoms with van der Waals surface area (Å²) >= 11 is 0. The Kier molecular flexibility index (Phi) is 6.47. The highest BCUT2D eigenvalue weighted by Gasteiger charge is 2.13. The third-order valence-corrected chi connectivity index (χ3v) is 4.04. The fraction of sp³-hybridized carbons (Fsp3) is 0.174. The van der Waals surface area contributed by atoms with E-state index in [0.29, 0.717) is 12.3 Å². The molecule has 3 aromatic carbocycles. The van der Waals surface area contributed by atoms with Crippen molar-refractivity contribution in [2.75, 3.05) is 6.54 Å². The topological polar surface area (TPSA) is 47.6 Å². The van der Waals surface area contributed by atoms with Crippen molar-refractivity contribution in [1.29, 1.82) is 0 Å². The van der Waals surface area contributed by atoms with E-state index in [9.17, 15) is 4.79 Å². The third-order valence-electron chi connectivity index (χ3n) is 4.04. The molecule has 0 fully saturated rings. The molecule has 0 aromatic heterocycles. The molecular formula is C23H23NO3. The number of ether oxygens (including phenoxy) is 2. The summed E-state index contributed by atoms with van der Waals surface area (Å²) in [7, 11) is 0. The minimum atomic E-state index is -0.533. The Morgan fingerprint density at radius 3 is 2.00 bits per heavy atom. The van der Waals surface area contributed by atoms with Gasteiger partial charge in [0.05, 0.1) is 0 Å². The van der Waals surface area contributed by atoms with Crippen molar-refractivity contribution < 1.29 is 14.3 Å². The molecule has 0 bridgehead atoms. The van der Waals surface area contributed by atoms with E-state index < -0.39 is 6.10 Å². The number of carbonyl (C=O) groups excluding carboxylic acids is 1. The second-order valence-electron chi connectivity index (χ2n) is 6.17. The molecule has 0 saturated heterocycles. The highest BCUT2D eigenvalue weighted by Crippen LogP contribution is 2.21. The SMILES string of the molecule is CC(Oc1ccccc1)C(=O)NCCc1ccc(Oc2ccccc2)cc1. The van der Waals surface area contributed by atoms with Crippen LogP contribution in [0.3, 0.4) is 0 Å². The molecule has 1 N–H and O–H groups in total. The molecule has 0 heterocycles. The molecule has 0 saturated carbocycles. The highest BCUT2D eigenvalue weighted by atomic mass is 16.5. The minimum Gasteiger partial charge on any atom is -0.481 e. The van der Waals surface area contributed by atoms with Crippen molar-refractivity contribution in [3.05, 3.63) is 90.5 Å². The lowest BCUT2D eigenvalue weighted by atomic mass is 10.1. The molecule has 1 amide bonds. The van der Waals surface area contributed by atoms with Gasteiger partial charge in [0.15, 0.2) is 6.10 Å². The standard InChI is InChI=1S/C23H23NO3/c1-18(26-20-8-4-2-5-9-20)23(25)24-17-16-19-12-14-22(15-13-19)27-21-10-6-3-7-11-21/h2-15,18H,16-17H2,1H3,(H,24,25). The van der Waals surface area contributed by atoms with Gasteiger partial charge in [-0.2, -0.15) is 0 Å². The Morgan fingerprint density at radius 1 is 0.815 bits per heavy atom. The van der Waals surface area contributed by atoms with Gasteiger partial charge in [0, 0.05) is 6.54 Å². The van der Waals surface area contributed by atoms with Crippen LogP contribution >= 0.6 is 0 Å². The number of amides is 1. The predicted molar refractivity (Wildman–Crippen MR) is 106 cm³/mol. The van der Waals surface area contributed by atoms with E-state index in [0.717, 1.165) is 23.5 Å². The zero-order chi connectivity index (χ0) is 18.9. The number of benzene rings is 3. The van der Waals surface area contributed by atoms with Gasteiger partial charge in [-0.15, -0.1) is 0 Å². The van der Waals surface area contributed by atoms with E-state index in [1.807, 2.05) is 84.9 Å². The first-order valence-electron chi connectivity index (χ1n) is 9.02. The van der Waals surface area contributed by atoms with E-state index in [-0.39, 0.29) is 5.91 Å². The van der Waals surface area contributed by atoms with E-state index in [1.165, 1.54) is 0 Å². The Balaban J connectivity index is 1.42. The number of nitrogens with one attached hydrogen (secondary N) is 1.